The van der Waals surface area contributed by atoms with Crippen LogP contribution in [0.5, 0.6) is 5.75 Å². The van der Waals surface area contributed by atoms with Crippen molar-refractivity contribution in [2.24, 2.45) is 5.92 Å². The van der Waals surface area contributed by atoms with E-state index in [2.05, 4.69) is 20.8 Å². The van der Waals surface area contributed by atoms with E-state index in [1.54, 1.807) is 0 Å². The van der Waals surface area contributed by atoms with Crippen molar-refractivity contribution in [1.29, 1.82) is 0 Å². The van der Waals surface area contributed by atoms with Gasteiger partial charge in [-0.05, 0) is 25.3 Å². The molecule has 0 radical (unpaired) electrons. The standard InChI is InChI=1S/C14H20O2/c1-10(2)8-14(3)9-12(15)11-6-4-5-7-13(11)16-14/h4-7,10,12,15H,8-9H2,1-3H3/t12-,14?/m0/s1. The van der Waals surface area contributed by atoms with Gasteiger partial charge < -0.3 is 9.84 Å². The van der Waals surface area contributed by atoms with Crippen LogP contribution < -0.4 is 4.74 Å². The molecule has 2 rings (SSSR count). The molecule has 2 heteroatoms. The number of rotatable bonds is 2. The molecule has 16 heavy (non-hydrogen) atoms. The van der Waals surface area contributed by atoms with E-state index < -0.39 is 6.10 Å². The Kier molecular flexibility index (Phi) is 2.94. The molecule has 1 aromatic rings. The number of hydrogen-bond donors (Lipinski definition) is 1. The van der Waals surface area contributed by atoms with Crippen LogP contribution in [0.4, 0.5) is 0 Å². The Labute approximate surface area is 97.3 Å². The number of aliphatic hydroxyl groups excluding tert-OH is 1. The fourth-order valence-corrected chi connectivity index (χ4v) is 2.66. The summed E-state index contributed by atoms with van der Waals surface area (Å²) in [6, 6.07) is 7.77. The van der Waals surface area contributed by atoms with Gasteiger partial charge in [-0.1, -0.05) is 32.0 Å². The molecule has 2 atom stereocenters. The number of para-hydroxylation sites is 1. The van der Waals surface area contributed by atoms with E-state index in [1.165, 1.54) is 0 Å². The lowest BCUT2D eigenvalue weighted by molar-refractivity contribution is -0.0144. The third kappa shape index (κ3) is 2.22. The topological polar surface area (TPSA) is 29.5 Å². The summed E-state index contributed by atoms with van der Waals surface area (Å²) in [5.74, 6) is 1.41. The van der Waals surface area contributed by atoms with Crippen molar-refractivity contribution in [2.75, 3.05) is 0 Å². The maximum Gasteiger partial charge on any atom is 0.125 e. The van der Waals surface area contributed by atoms with Gasteiger partial charge >= 0.3 is 0 Å². The Balaban J connectivity index is 2.26. The van der Waals surface area contributed by atoms with Crippen LogP contribution in [0.2, 0.25) is 0 Å². The van der Waals surface area contributed by atoms with Gasteiger partial charge in [-0.15, -0.1) is 0 Å². The largest absolute Gasteiger partial charge is 0.487 e. The van der Waals surface area contributed by atoms with Crippen LogP contribution in [0.25, 0.3) is 0 Å². The van der Waals surface area contributed by atoms with E-state index in [-0.39, 0.29) is 5.60 Å². The van der Waals surface area contributed by atoms with Gasteiger partial charge in [-0.3, -0.25) is 0 Å². The number of benzene rings is 1. The molecule has 0 amide bonds. The average Bonchev–Trinajstić information content (AvgIpc) is 2.15. The third-order valence-electron chi connectivity index (χ3n) is 3.10. The molecule has 0 saturated heterocycles. The van der Waals surface area contributed by atoms with Crippen molar-refractivity contribution in [3.8, 4) is 5.75 Å². The summed E-state index contributed by atoms with van der Waals surface area (Å²) in [6.45, 7) is 6.45. The number of aliphatic hydroxyl groups is 1. The van der Waals surface area contributed by atoms with Crippen LogP contribution >= 0.6 is 0 Å². The van der Waals surface area contributed by atoms with Crippen molar-refractivity contribution < 1.29 is 9.84 Å². The van der Waals surface area contributed by atoms with Crippen LogP contribution in [0.15, 0.2) is 24.3 Å². The summed E-state index contributed by atoms with van der Waals surface area (Å²) in [6.07, 6.45) is 1.26. The second-order valence-electron chi connectivity index (χ2n) is 5.41. The van der Waals surface area contributed by atoms with Gasteiger partial charge in [0, 0.05) is 12.0 Å². The van der Waals surface area contributed by atoms with Gasteiger partial charge in [0.05, 0.1) is 6.10 Å². The Morgan fingerprint density at radius 3 is 2.81 bits per heavy atom. The van der Waals surface area contributed by atoms with E-state index in [0.29, 0.717) is 12.3 Å². The Bertz CT molecular complexity index is 373. The van der Waals surface area contributed by atoms with Crippen molar-refractivity contribution >= 4 is 0 Å². The highest BCUT2D eigenvalue weighted by atomic mass is 16.5. The molecule has 1 N–H and O–H groups in total. The van der Waals surface area contributed by atoms with Crippen molar-refractivity contribution in [1.82, 2.24) is 0 Å². The SMILES string of the molecule is CC(C)CC1(C)C[C@H](O)c2ccccc2O1. The highest BCUT2D eigenvalue weighted by Gasteiger charge is 2.36. The van der Waals surface area contributed by atoms with Crippen LogP contribution in [0.3, 0.4) is 0 Å². The molecule has 0 spiro atoms. The van der Waals surface area contributed by atoms with Gasteiger partial charge in [-0.25, -0.2) is 0 Å². The van der Waals surface area contributed by atoms with E-state index in [4.69, 9.17) is 4.74 Å². The first kappa shape index (κ1) is 11.5. The second-order valence-corrected chi connectivity index (χ2v) is 5.41. The van der Waals surface area contributed by atoms with Crippen LogP contribution in [-0.4, -0.2) is 10.7 Å². The Hall–Kier alpha value is -1.02. The smallest absolute Gasteiger partial charge is 0.125 e. The molecule has 1 aliphatic rings. The van der Waals surface area contributed by atoms with Gasteiger partial charge in [0.25, 0.3) is 0 Å². The number of hydrogen-bond acceptors (Lipinski definition) is 2. The first-order chi connectivity index (χ1) is 7.50. The summed E-state index contributed by atoms with van der Waals surface area (Å²) < 4.78 is 6.04. The van der Waals surface area contributed by atoms with Gasteiger partial charge in [0.2, 0.25) is 0 Å². The van der Waals surface area contributed by atoms with Crippen LogP contribution in [0, 0.1) is 5.92 Å². The minimum absolute atomic E-state index is 0.234. The maximum atomic E-state index is 10.1. The highest BCUT2D eigenvalue weighted by Crippen LogP contribution is 2.41. The first-order valence-electron chi connectivity index (χ1n) is 5.96. The minimum atomic E-state index is -0.395. The van der Waals surface area contributed by atoms with Crippen molar-refractivity contribution in [3.05, 3.63) is 29.8 Å². The minimum Gasteiger partial charge on any atom is -0.487 e. The zero-order valence-electron chi connectivity index (χ0n) is 10.2. The first-order valence-corrected chi connectivity index (χ1v) is 5.96. The molecular weight excluding hydrogens is 200 g/mol. The molecular formula is C14H20O2. The van der Waals surface area contributed by atoms with Crippen LogP contribution in [-0.2, 0) is 0 Å². The maximum absolute atomic E-state index is 10.1. The molecule has 0 aromatic heterocycles. The van der Waals surface area contributed by atoms with Gasteiger partial charge in [0.15, 0.2) is 0 Å². The predicted molar refractivity (Wildman–Crippen MR) is 64.5 cm³/mol. The van der Waals surface area contributed by atoms with Crippen LogP contribution in [0.1, 0.15) is 45.3 Å². The lowest BCUT2D eigenvalue weighted by Gasteiger charge is -2.39. The third-order valence-corrected chi connectivity index (χ3v) is 3.10. The zero-order valence-corrected chi connectivity index (χ0v) is 10.2. The fraction of sp³-hybridized carbons (Fsp3) is 0.571. The average molecular weight is 220 g/mol. The molecule has 1 unspecified atom stereocenters. The zero-order chi connectivity index (χ0) is 11.8. The Morgan fingerprint density at radius 2 is 2.12 bits per heavy atom. The van der Waals surface area contributed by atoms with Gasteiger partial charge in [0.1, 0.15) is 11.4 Å². The summed E-state index contributed by atoms with van der Waals surface area (Å²) in [7, 11) is 0. The summed E-state index contributed by atoms with van der Waals surface area (Å²) in [4.78, 5) is 0. The Morgan fingerprint density at radius 1 is 1.44 bits per heavy atom. The molecule has 0 fully saturated rings. The molecule has 1 heterocycles. The highest BCUT2D eigenvalue weighted by molar-refractivity contribution is 5.37. The normalized spacial score (nSPS) is 28.7. The molecule has 0 aliphatic carbocycles. The molecule has 1 aliphatic heterocycles. The molecule has 0 saturated carbocycles. The van der Waals surface area contributed by atoms with E-state index in [1.807, 2.05) is 24.3 Å². The lowest BCUT2D eigenvalue weighted by atomic mass is 9.84. The van der Waals surface area contributed by atoms with E-state index in [0.717, 1.165) is 17.7 Å². The predicted octanol–water partition coefficient (Wildman–Crippen LogP) is 3.31. The molecule has 2 nitrogen and oxygen atoms in total. The summed E-state index contributed by atoms with van der Waals surface area (Å²) in [5.41, 5.74) is 0.686. The lowest BCUT2D eigenvalue weighted by Crippen LogP contribution is -2.39. The van der Waals surface area contributed by atoms with E-state index >= 15 is 0 Å². The number of fused-ring (bicyclic) bond motifs is 1. The van der Waals surface area contributed by atoms with Crippen molar-refractivity contribution in [3.63, 3.8) is 0 Å². The fourth-order valence-electron chi connectivity index (χ4n) is 2.66. The quantitative estimate of drug-likeness (QED) is 0.828. The molecule has 88 valence electrons. The van der Waals surface area contributed by atoms with Gasteiger partial charge in [-0.2, -0.15) is 0 Å². The van der Waals surface area contributed by atoms with E-state index in [9.17, 15) is 5.11 Å². The van der Waals surface area contributed by atoms with Crippen molar-refractivity contribution in [2.45, 2.75) is 45.3 Å². The number of ether oxygens (including phenoxy) is 1. The monoisotopic (exact) mass is 220 g/mol. The molecule has 1 aromatic carbocycles. The second kappa shape index (κ2) is 4.10. The summed E-state index contributed by atoms with van der Waals surface area (Å²) >= 11 is 0. The molecule has 0 bridgehead atoms. The summed E-state index contributed by atoms with van der Waals surface area (Å²) in [5, 5.41) is 10.1.